The Bertz CT molecular complexity index is 1240. The zero-order chi connectivity index (χ0) is 22.7. The molecule has 1 spiro atoms. The molecule has 5 rings (SSSR count). The summed E-state index contributed by atoms with van der Waals surface area (Å²) in [6, 6.07) is 10.2. The number of fused-ring (bicyclic) bond motifs is 2. The van der Waals surface area contributed by atoms with Crippen molar-refractivity contribution in [1.82, 2.24) is 4.90 Å². The van der Waals surface area contributed by atoms with Crippen molar-refractivity contribution < 1.29 is 14.6 Å². The second-order valence-electron chi connectivity index (χ2n) is 8.93. The summed E-state index contributed by atoms with van der Waals surface area (Å²) in [4.78, 5) is 26.8. The van der Waals surface area contributed by atoms with Crippen LogP contribution in [0.4, 0.5) is 5.69 Å². The number of ether oxygens (including phenoxy) is 1. The van der Waals surface area contributed by atoms with Crippen molar-refractivity contribution in [3.63, 3.8) is 0 Å². The molecule has 1 N–H and O–H groups in total. The van der Waals surface area contributed by atoms with Gasteiger partial charge in [-0.25, -0.2) is 0 Å². The number of ketones is 1. The summed E-state index contributed by atoms with van der Waals surface area (Å²) in [5, 5.41) is 14.0. The van der Waals surface area contributed by atoms with E-state index in [0.29, 0.717) is 11.1 Å². The Morgan fingerprint density at radius 2 is 1.88 bits per heavy atom. The first kappa shape index (κ1) is 20.2. The van der Waals surface area contributed by atoms with Crippen LogP contribution in [0.3, 0.4) is 0 Å². The van der Waals surface area contributed by atoms with E-state index in [1.807, 2.05) is 19.2 Å². The number of likely N-dealkylation sites (N-methyl/N-ethyl adjacent to an activating group) is 1. The van der Waals surface area contributed by atoms with E-state index in [4.69, 9.17) is 4.74 Å². The molecule has 32 heavy (non-hydrogen) atoms. The van der Waals surface area contributed by atoms with Gasteiger partial charge in [0.25, 0.3) is 0 Å². The molecule has 3 aliphatic rings. The van der Waals surface area contributed by atoms with Crippen LogP contribution in [0, 0.1) is 10.3 Å². The average molecular weight is 428 g/mol. The van der Waals surface area contributed by atoms with Gasteiger partial charge in [0, 0.05) is 23.9 Å². The molecule has 1 saturated heterocycles. The van der Waals surface area contributed by atoms with Crippen LogP contribution < -0.4 is 4.74 Å². The number of hydrogen-bond acceptors (Lipinski definition) is 6. The Kier molecular flexibility index (Phi) is 4.38. The molecule has 0 radical (unpaired) electrons. The number of benzene rings is 2. The quantitative estimate of drug-likeness (QED) is 0.501. The Balaban J connectivity index is 1.65. The molecule has 0 bridgehead atoms. The number of nitroso groups, excluding NO2 is 1. The highest BCUT2D eigenvalue weighted by Gasteiger charge is 2.60. The normalized spacial score (nSPS) is 22.5. The zero-order valence-electron chi connectivity index (χ0n) is 18.3. The molecule has 1 atom stereocenters. The van der Waals surface area contributed by atoms with Crippen molar-refractivity contribution in [3.8, 4) is 11.5 Å². The van der Waals surface area contributed by atoms with E-state index in [0.717, 1.165) is 18.5 Å². The predicted octanol–water partition coefficient (Wildman–Crippen LogP) is 5.70. The summed E-state index contributed by atoms with van der Waals surface area (Å²) in [6.45, 7) is 4.22. The minimum atomic E-state index is -0.884. The highest BCUT2D eigenvalue weighted by Crippen LogP contribution is 2.59. The highest BCUT2D eigenvalue weighted by molar-refractivity contribution is 6.13. The average Bonchev–Trinajstić information content (AvgIpc) is 2.98. The van der Waals surface area contributed by atoms with Crippen molar-refractivity contribution in [1.29, 1.82) is 0 Å². The summed E-state index contributed by atoms with van der Waals surface area (Å²) < 4.78 is 6.51. The number of likely N-dealkylation sites (tertiary alicyclic amines) is 1. The molecule has 0 amide bonds. The molecule has 6 heteroatoms. The van der Waals surface area contributed by atoms with Gasteiger partial charge < -0.3 is 14.7 Å². The Morgan fingerprint density at radius 3 is 2.56 bits per heavy atom. The number of phenolic OH excluding ortho intramolecular Hbond substituents is 1. The number of phenols is 1. The van der Waals surface area contributed by atoms with Gasteiger partial charge in [-0.3, -0.25) is 4.79 Å². The summed E-state index contributed by atoms with van der Waals surface area (Å²) >= 11 is 0. The summed E-state index contributed by atoms with van der Waals surface area (Å²) in [5.41, 5.74) is 1.69. The molecule has 1 unspecified atom stereocenters. The van der Waals surface area contributed by atoms with Gasteiger partial charge in [0.1, 0.15) is 0 Å². The van der Waals surface area contributed by atoms with Crippen molar-refractivity contribution in [3.05, 3.63) is 87.5 Å². The van der Waals surface area contributed by atoms with Gasteiger partial charge in [-0.05, 0) is 55.7 Å². The fourth-order valence-electron chi connectivity index (χ4n) is 5.16. The maximum atomic E-state index is 13.0. The van der Waals surface area contributed by atoms with Gasteiger partial charge in [0.05, 0.1) is 11.0 Å². The zero-order valence-corrected chi connectivity index (χ0v) is 18.3. The SMILES string of the molecule is CN1C2=CCCC=C2C(C)(C)C12C=Cc1cc(C(=O)c3ccccc3)c(N=O)c(O)c1O2. The monoisotopic (exact) mass is 428 g/mol. The van der Waals surface area contributed by atoms with Crippen LogP contribution in [0.2, 0.25) is 0 Å². The number of nitrogens with zero attached hydrogens (tertiary/aromatic N) is 2. The van der Waals surface area contributed by atoms with Crippen molar-refractivity contribution in [2.24, 2.45) is 10.6 Å². The molecule has 0 saturated carbocycles. The van der Waals surface area contributed by atoms with Crippen molar-refractivity contribution >= 4 is 17.5 Å². The van der Waals surface area contributed by atoms with Gasteiger partial charge in [0.15, 0.2) is 23.0 Å². The van der Waals surface area contributed by atoms with Gasteiger partial charge in [-0.15, -0.1) is 4.91 Å². The van der Waals surface area contributed by atoms with E-state index in [-0.39, 0.29) is 22.8 Å². The third-order valence-electron chi connectivity index (χ3n) is 6.93. The molecule has 0 aromatic heterocycles. The van der Waals surface area contributed by atoms with Gasteiger partial charge in [-0.2, -0.15) is 0 Å². The molecule has 162 valence electrons. The number of hydrogen-bond donors (Lipinski definition) is 1. The lowest BCUT2D eigenvalue weighted by molar-refractivity contribution is -0.0561. The van der Waals surface area contributed by atoms with Gasteiger partial charge in [0.2, 0.25) is 5.72 Å². The highest BCUT2D eigenvalue weighted by atomic mass is 16.5. The fraction of sp³-hybridized carbons (Fsp3) is 0.269. The topological polar surface area (TPSA) is 79.2 Å². The molecule has 1 fully saturated rings. The number of aromatic hydroxyl groups is 1. The maximum absolute atomic E-state index is 13.0. The molecule has 2 aromatic rings. The lowest BCUT2D eigenvalue weighted by Gasteiger charge is -2.45. The smallest absolute Gasteiger partial charge is 0.212 e. The second kappa shape index (κ2) is 6.92. The van der Waals surface area contributed by atoms with Crippen LogP contribution in [0.5, 0.6) is 11.5 Å². The first-order valence-electron chi connectivity index (χ1n) is 10.7. The maximum Gasteiger partial charge on any atom is 0.212 e. The number of carbonyl (C=O) groups excluding carboxylic acids is 1. The van der Waals surface area contributed by atoms with Gasteiger partial charge in [-0.1, -0.05) is 42.5 Å². The molecule has 6 nitrogen and oxygen atoms in total. The van der Waals surface area contributed by atoms with E-state index in [1.165, 1.54) is 5.57 Å². The number of rotatable bonds is 3. The lowest BCUT2D eigenvalue weighted by Crippen LogP contribution is -2.54. The van der Waals surface area contributed by atoms with E-state index in [9.17, 15) is 14.8 Å². The molecule has 2 aromatic carbocycles. The summed E-state index contributed by atoms with van der Waals surface area (Å²) in [7, 11) is 1.97. The predicted molar refractivity (Wildman–Crippen MR) is 123 cm³/mol. The third-order valence-corrected chi connectivity index (χ3v) is 6.93. The number of allylic oxidation sites excluding steroid dienone is 3. The van der Waals surface area contributed by atoms with Gasteiger partial charge >= 0.3 is 0 Å². The van der Waals surface area contributed by atoms with E-state index in [1.54, 1.807) is 36.4 Å². The van der Waals surface area contributed by atoms with Crippen molar-refractivity contribution in [2.75, 3.05) is 7.05 Å². The van der Waals surface area contributed by atoms with Crippen LogP contribution in [0.1, 0.15) is 48.2 Å². The second-order valence-corrected chi connectivity index (χ2v) is 8.93. The van der Waals surface area contributed by atoms with E-state index >= 15 is 0 Å². The summed E-state index contributed by atoms with van der Waals surface area (Å²) in [5.74, 6) is -0.638. The van der Waals surface area contributed by atoms with E-state index < -0.39 is 16.9 Å². The number of carbonyl (C=O) groups is 1. The molecular weight excluding hydrogens is 404 g/mol. The van der Waals surface area contributed by atoms with E-state index in [2.05, 4.69) is 36.1 Å². The third kappa shape index (κ3) is 2.55. The standard InChI is InChI=1S/C26H24N2O4/c1-25(2)19-11-7-8-12-20(19)28(3)26(25)14-13-17-15-18(21(27-31)23(30)24(17)32-26)22(29)16-9-5-4-6-10-16/h4-6,9-15,30H,7-8H2,1-3H3. The minimum Gasteiger partial charge on any atom is -0.503 e. The lowest BCUT2D eigenvalue weighted by atomic mass is 9.75. The Hall–Kier alpha value is -3.67. The van der Waals surface area contributed by atoms with Crippen LogP contribution >= 0.6 is 0 Å². The first-order valence-corrected chi connectivity index (χ1v) is 10.7. The van der Waals surface area contributed by atoms with Crippen LogP contribution in [-0.2, 0) is 0 Å². The van der Waals surface area contributed by atoms with Crippen LogP contribution in [-0.4, -0.2) is 28.6 Å². The summed E-state index contributed by atoms with van der Waals surface area (Å²) in [6.07, 6.45) is 10.2. The van der Waals surface area contributed by atoms with Crippen LogP contribution in [0.15, 0.2) is 71.1 Å². The molecule has 2 heterocycles. The fourth-order valence-corrected chi connectivity index (χ4v) is 5.16. The molecule has 2 aliphatic heterocycles. The Morgan fingerprint density at radius 1 is 1.16 bits per heavy atom. The Labute approximate surface area is 186 Å². The first-order chi connectivity index (χ1) is 15.3. The molecule has 1 aliphatic carbocycles. The van der Waals surface area contributed by atoms with Crippen molar-refractivity contribution in [2.45, 2.75) is 32.4 Å². The minimum absolute atomic E-state index is 0.0461. The van der Waals surface area contributed by atoms with Crippen LogP contribution in [0.25, 0.3) is 6.08 Å². The largest absolute Gasteiger partial charge is 0.503 e. The molecular formula is C26H24N2O4.